The molecule has 94 valence electrons. The van der Waals surface area contributed by atoms with E-state index in [0.29, 0.717) is 6.04 Å². The van der Waals surface area contributed by atoms with E-state index in [1.54, 1.807) is 0 Å². The van der Waals surface area contributed by atoms with Crippen molar-refractivity contribution in [3.05, 3.63) is 0 Å². The third kappa shape index (κ3) is 4.84. The highest BCUT2D eigenvalue weighted by Gasteiger charge is 2.24. The molecule has 0 radical (unpaired) electrons. The van der Waals surface area contributed by atoms with Gasteiger partial charge in [-0.1, -0.05) is 6.92 Å². The van der Waals surface area contributed by atoms with E-state index in [9.17, 15) is 4.79 Å². The van der Waals surface area contributed by atoms with Crippen molar-refractivity contribution in [3.63, 3.8) is 0 Å². The molecule has 1 aliphatic rings. The second-order valence-corrected chi connectivity index (χ2v) is 5.43. The summed E-state index contributed by atoms with van der Waals surface area (Å²) in [6.45, 7) is 8.77. The SMILES string of the molecule is CC[C@@H]1C[C@@H](NC(=O)OC(C)(C)C)CCN1. The first kappa shape index (κ1) is 13.3. The average Bonchev–Trinajstić information content (AvgIpc) is 2.15. The fourth-order valence-electron chi connectivity index (χ4n) is 1.92. The number of carbonyl (C=O) groups excluding carboxylic acids is 1. The van der Waals surface area contributed by atoms with Gasteiger partial charge < -0.3 is 15.4 Å². The molecule has 4 heteroatoms. The Hall–Kier alpha value is -0.770. The molecule has 4 nitrogen and oxygen atoms in total. The Morgan fingerprint density at radius 1 is 1.50 bits per heavy atom. The van der Waals surface area contributed by atoms with Crippen molar-refractivity contribution in [1.82, 2.24) is 10.6 Å². The van der Waals surface area contributed by atoms with Gasteiger partial charge in [0.25, 0.3) is 0 Å². The molecule has 1 fully saturated rings. The van der Waals surface area contributed by atoms with Gasteiger partial charge in [-0.3, -0.25) is 0 Å². The van der Waals surface area contributed by atoms with Crippen molar-refractivity contribution in [3.8, 4) is 0 Å². The van der Waals surface area contributed by atoms with Gasteiger partial charge >= 0.3 is 6.09 Å². The number of carbonyl (C=O) groups is 1. The molecule has 0 bridgehead atoms. The summed E-state index contributed by atoms with van der Waals surface area (Å²) >= 11 is 0. The molecule has 2 atom stereocenters. The molecular formula is C12H24N2O2. The lowest BCUT2D eigenvalue weighted by molar-refractivity contribution is 0.0490. The van der Waals surface area contributed by atoms with Crippen LogP contribution in [-0.2, 0) is 4.74 Å². The fourth-order valence-corrected chi connectivity index (χ4v) is 1.92. The molecule has 1 saturated heterocycles. The molecule has 2 N–H and O–H groups in total. The number of alkyl carbamates (subject to hydrolysis) is 1. The van der Waals surface area contributed by atoms with Crippen molar-refractivity contribution in [2.75, 3.05) is 6.54 Å². The summed E-state index contributed by atoms with van der Waals surface area (Å²) in [4.78, 5) is 11.6. The van der Waals surface area contributed by atoms with E-state index >= 15 is 0 Å². The van der Waals surface area contributed by atoms with Crippen LogP contribution in [0.3, 0.4) is 0 Å². The van der Waals surface area contributed by atoms with Gasteiger partial charge in [0.1, 0.15) is 5.60 Å². The molecule has 0 aromatic carbocycles. The Morgan fingerprint density at radius 3 is 2.75 bits per heavy atom. The van der Waals surface area contributed by atoms with Crippen molar-refractivity contribution in [2.45, 2.75) is 64.6 Å². The zero-order valence-corrected chi connectivity index (χ0v) is 10.8. The molecule has 0 saturated carbocycles. The summed E-state index contributed by atoms with van der Waals surface area (Å²) in [6, 6.07) is 0.773. The van der Waals surface area contributed by atoms with Crippen LogP contribution < -0.4 is 10.6 Å². The highest BCUT2D eigenvalue weighted by molar-refractivity contribution is 5.68. The molecule has 1 heterocycles. The van der Waals surface area contributed by atoms with E-state index in [0.717, 1.165) is 25.8 Å². The maximum atomic E-state index is 11.6. The van der Waals surface area contributed by atoms with Crippen LogP contribution in [0.1, 0.15) is 47.0 Å². The number of hydrogen-bond acceptors (Lipinski definition) is 3. The van der Waals surface area contributed by atoms with Crippen LogP contribution in [0, 0.1) is 0 Å². The zero-order valence-electron chi connectivity index (χ0n) is 10.8. The quantitative estimate of drug-likeness (QED) is 0.760. The Kier molecular flexibility index (Phi) is 4.59. The van der Waals surface area contributed by atoms with Crippen molar-refractivity contribution in [1.29, 1.82) is 0 Å². The van der Waals surface area contributed by atoms with Crippen LogP contribution in [0.5, 0.6) is 0 Å². The topological polar surface area (TPSA) is 50.4 Å². The van der Waals surface area contributed by atoms with E-state index in [-0.39, 0.29) is 12.1 Å². The fraction of sp³-hybridized carbons (Fsp3) is 0.917. The molecule has 0 aliphatic carbocycles. The summed E-state index contributed by atoms with van der Waals surface area (Å²) in [5, 5.41) is 6.37. The Balaban J connectivity index is 2.33. The molecule has 0 unspecified atom stereocenters. The predicted octanol–water partition coefficient (Wildman–Crippen LogP) is 2.04. The standard InChI is InChI=1S/C12H24N2O2/c1-5-9-8-10(6-7-13-9)14-11(15)16-12(2,3)4/h9-10,13H,5-8H2,1-4H3,(H,14,15)/t9-,10+/m1/s1. The summed E-state index contributed by atoms with van der Waals surface area (Å²) in [6.07, 6.45) is 2.78. The molecule has 1 amide bonds. The van der Waals surface area contributed by atoms with E-state index in [1.807, 2.05) is 20.8 Å². The van der Waals surface area contributed by atoms with Crippen LogP contribution in [0.2, 0.25) is 0 Å². The molecule has 0 aromatic rings. The normalized spacial score (nSPS) is 26.2. The lowest BCUT2D eigenvalue weighted by atomic mass is 9.98. The number of hydrogen-bond donors (Lipinski definition) is 2. The van der Waals surface area contributed by atoms with Gasteiger partial charge in [-0.15, -0.1) is 0 Å². The minimum absolute atomic E-state index is 0.251. The second kappa shape index (κ2) is 5.53. The molecule has 0 aromatic heterocycles. The third-order valence-corrected chi connectivity index (χ3v) is 2.71. The highest BCUT2D eigenvalue weighted by Crippen LogP contribution is 2.12. The summed E-state index contributed by atoms with van der Waals surface area (Å²) in [5.74, 6) is 0. The van der Waals surface area contributed by atoms with E-state index < -0.39 is 5.60 Å². The van der Waals surface area contributed by atoms with Crippen molar-refractivity contribution < 1.29 is 9.53 Å². The Morgan fingerprint density at radius 2 is 2.19 bits per heavy atom. The number of piperidine rings is 1. The Labute approximate surface area is 98.1 Å². The lowest BCUT2D eigenvalue weighted by Crippen LogP contribution is -2.48. The zero-order chi connectivity index (χ0) is 12.2. The maximum Gasteiger partial charge on any atom is 0.407 e. The largest absolute Gasteiger partial charge is 0.444 e. The number of ether oxygens (including phenoxy) is 1. The third-order valence-electron chi connectivity index (χ3n) is 2.71. The summed E-state index contributed by atoms with van der Waals surface area (Å²) < 4.78 is 5.24. The molecular weight excluding hydrogens is 204 g/mol. The Bertz CT molecular complexity index is 236. The molecule has 0 spiro atoms. The summed E-state index contributed by atoms with van der Waals surface area (Å²) in [7, 11) is 0. The first-order valence-corrected chi connectivity index (χ1v) is 6.13. The monoisotopic (exact) mass is 228 g/mol. The first-order chi connectivity index (χ1) is 7.40. The van der Waals surface area contributed by atoms with Crippen molar-refractivity contribution in [2.24, 2.45) is 0 Å². The van der Waals surface area contributed by atoms with Gasteiger partial charge in [-0.25, -0.2) is 4.79 Å². The maximum absolute atomic E-state index is 11.6. The number of nitrogens with one attached hydrogen (secondary N) is 2. The second-order valence-electron chi connectivity index (χ2n) is 5.43. The van der Waals surface area contributed by atoms with Crippen molar-refractivity contribution >= 4 is 6.09 Å². The van der Waals surface area contributed by atoms with Crippen LogP contribution in [0.25, 0.3) is 0 Å². The number of rotatable bonds is 2. The van der Waals surface area contributed by atoms with Gasteiger partial charge in [0.05, 0.1) is 0 Å². The summed E-state index contributed by atoms with van der Waals surface area (Å²) in [5.41, 5.74) is -0.416. The molecule has 1 aliphatic heterocycles. The minimum Gasteiger partial charge on any atom is -0.444 e. The van der Waals surface area contributed by atoms with Crippen LogP contribution in [0.15, 0.2) is 0 Å². The van der Waals surface area contributed by atoms with Gasteiger partial charge in [-0.2, -0.15) is 0 Å². The number of amides is 1. The predicted molar refractivity (Wildman–Crippen MR) is 64.5 cm³/mol. The van der Waals surface area contributed by atoms with Crippen LogP contribution >= 0.6 is 0 Å². The average molecular weight is 228 g/mol. The van der Waals surface area contributed by atoms with Gasteiger partial charge in [0.15, 0.2) is 0 Å². The highest BCUT2D eigenvalue weighted by atomic mass is 16.6. The first-order valence-electron chi connectivity index (χ1n) is 6.13. The van der Waals surface area contributed by atoms with E-state index in [1.165, 1.54) is 0 Å². The van der Waals surface area contributed by atoms with Gasteiger partial charge in [0, 0.05) is 12.1 Å². The smallest absolute Gasteiger partial charge is 0.407 e. The van der Waals surface area contributed by atoms with E-state index in [4.69, 9.17) is 4.74 Å². The van der Waals surface area contributed by atoms with E-state index in [2.05, 4.69) is 17.6 Å². The lowest BCUT2D eigenvalue weighted by Gasteiger charge is -2.31. The molecule has 1 rings (SSSR count). The van der Waals surface area contributed by atoms with Gasteiger partial charge in [-0.05, 0) is 46.6 Å². The van der Waals surface area contributed by atoms with Crippen LogP contribution in [0.4, 0.5) is 4.79 Å². The molecule has 16 heavy (non-hydrogen) atoms. The van der Waals surface area contributed by atoms with Gasteiger partial charge in [0.2, 0.25) is 0 Å². The minimum atomic E-state index is -0.416. The van der Waals surface area contributed by atoms with Crippen LogP contribution in [-0.4, -0.2) is 30.3 Å².